The number of anilines is 1. The number of carbonyl (C=O) groups excluding carboxylic acids is 2. The summed E-state index contributed by atoms with van der Waals surface area (Å²) in [4.78, 5) is 25.8. The Balaban J connectivity index is 1.40. The molecule has 0 atom stereocenters. The summed E-state index contributed by atoms with van der Waals surface area (Å²) in [7, 11) is 0. The highest BCUT2D eigenvalue weighted by Gasteiger charge is 2.38. The molecule has 31 heavy (non-hydrogen) atoms. The number of hydrogen-bond donors (Lipinski definition) is 2. The maximum absolute atomic E-state index is 12.5. The van der Waals surface area contributed by atoms with Crippen LogP contribution >= 0.6 is 11.8 Å². The summed E-state index contributed by atoms with van der Waals surface area (Å²) in [5.41, 5.74) is 3.69. The van der Waals surface area contributed by atoms with Crippen molar-refractivity contribution < 1.29 is 9.59 Å². The number of carbonyl (C=O) groups is 2. The number of hydrogen-bond acceptors (Lipinski definition) is 3. The molecule has 2 N–H and O–H groups in total. The normalized spacial score (nSPS) is 19.0. The SMILES string of the molecule is CC1(C)CC(C)(C)c2cc(NC(=O)/C=C/c3ccc(C(=O)NC4CC4)cc3)ccc2S1. The summed E-state index contributed by atoms with van der Waals surface area (Å²) in [5.74, 6) is -0.204. The Morgan fingerprint density at radius 1 is 1.03 bits per heavy atom. The predicted molar refractivity (Wildman–Crippen MR) is 129 cm³/mol. The first-order chi connectivity index (χ1) is 14.6. The van der Waals surface area contributed by atoms with Gasteiger partial charge in [-0.25, -0.2) is 0 Å². The fourth-order valence-corrected chi connectivity index (χ4v) is 5.93. The zero-order chi connectivity index (χ0) is 22.2. The molecule has 2 amide bonds. The van der Waals surface area contributed by atoms with Crippen molar-refractivity contribution in [2.45, 2.75) is 68.1 Å². The monoisotopic (exact) mass is 434 g/mol. The average Bonchev–Trinajstić information content (AvgIpc) is 3.50. The third-order valence-electron chi connectivity index (χ3n) is 5.74. The van der Waals surface area contributed by atoms with Gasteiger partial charge in [0.05, 0.1) is 0 Å². The van der Waals surface area contributed by atoms with Crippen molar-refractivity contribution in [3.8, 4) is 0 Å². The van der Waals surface area contributed by atoms with Gasteiger partial charge in [-0.3, -0.25) is 9.59 Å². The van der Waals surface area contributed by atoms with Crippen LogP contribution in [0, 0.1) is 0 Å². The summed E-state index contributed by atoms with van der Waals surface area (Å²) in [6.07, 6.45) is 6.52. The zero-order valence-electron chi connectivity index (χ0n) is 18.6. The maximum atomic E-state index is 12.5. The first-order valence-electron chi connectivity index (χ1n) is 10.8. The van der Waals surface area contributed by atoms with E-state index in [0.717, 1.165) is 30.5 Å². The zero-order valence-corrected chi connectivity index (χ0v) is 19.4. The number of amides is 2. The minimum absolute atomic E-state index is 0.0346. The molecule has 2 aromatic carbocycles. The molecule has 1 aliphatic carbocycles. The van der Waals surface area contributed by atoms with Crippen LogP contribution in [0.15, 0.2) is 53.4 Å². The van der Waals surface area contributed by atoms with Gasteiger partial charge < -0.3 is 10.6 Å². The van der Waals surface area contributed by atoms with Gasteiger partial charge in [-0.1, -0.05) is 39.8 Å². The molecule has 0 bridgehead atoms. The van der Waals surface area contributed by atoms with Gasteiger partial charge in [-0.15, -0.1) is 11.8 Å². The van der Waals surface area contributed by atoms with Gasteiger partial charge in [0.25, 0.3) is 5.91 Å². The van der Waals surface area contributed by atoms with Crippen LogP contribution in [-0.2, 0) is 10.2 Å². The molecule has 2 aliphatic rings. The Bertz CT molecular complexity index is 1030. The van der Waals surface area contributed by atoms with Gasteiger partial charge in [0.1, 0.15) is 0 Å². The van der Waals surface area contributed by atoms with Crippen molar-refractivity contribution in [3.63, 3.8) is 0 Å². The predicted octanol–water partition coefficient (Wildman–Crippen LogP) is 5.78. The largest absolute Gasteiger partial charge is 0.349 e. The Morgan fingerprint density at radius 3 is 2.42 bits per heavy atom. The number of rotatable bonds is 5. The Hall–Kier alpha value is -2.53. The molecule has 0 aromatic heterocycles. The van der Waals surface area contributed by atoms with Crippen LogP contribution in [0.25, 0.3) is 6.08 Å². The number of benzene rings is 2. The molecule has 4 nitrogen and oxygen atoms in total. The smallest absolute Gasteiger partial charge is 0.251 e. The van der Waals surface area contributed by atoms with E-state index >= 15 is 0 Å². The lowest BCUT2D eigenvalue weighted by Gasteiger charge is -2.41. The van der Waals surface area contributed by atoms with Crippen LogP contribution in [0.3, 0.4) is 0 Å². The van der Waals surface area contributed by atoms with Crippen molar-refractivity contribution in [2.24, 2.45) is 0 Å². The average molecular weight is 435 g/mol. The van der Waals surface area contributed by atoms with Gasteiger partial charge >= 0.3 is 0 Å². The van der Waals surface area contributed by atoms with Crippen LogP contribution in [0.4, 0.5) is 5.69 Å². The highest BCUT2D eigenvalue weighted by atomic mass is 32.2. The first-order valence-corrected chi connectivity index (χ1v) is 11.7. The van der Waals surface area contributed by atoms with Crippen LogP contribution in [0.5, 0.6) is 0 Å². The molecule has 0 radical (unpaired) electrons. The minimum Gasteiger partial charge on any atom is -0.349 e. The molecule has 1 fully saturated rings. The van der Waals surface area contributed by atoms with Gasteiger partial charge in [-0.05, 0) is 72.2 Å². The fraction of sp³-hybridized carbons (Fsp3) is 0.385. The van der Waals surface area contributed by atoms with E-state index in [1.165, 1.54) is 16.5 Å². The lowest BCUT2D eigenvalue weighted by Crippen LogP contribution is -2.33. The summed E-state index contributed by atoms with van der Waals surface area (Å²) in [5, 5.41) is 5.96. The van der Waals surface area contributed by atoms with E-state index in [1.54, 1.807) is 18.2 Å². The fourth-order valence-electron chi connectivity index (χ4n) is 4.32. The molecule has 0 unspecified atom stereocenters. The van der Waals surface area contributed by atoms with Gasteiger partial charge in [0.15, 0.2) is 0 Å². The van der Waals surface area contributed by atoms with E-state index in [9.17, 15) is 9.59 Å². The van der Waals surface area contributed by atoms with Crippen LogP contribution in [0.2, 0.25) is 0 Å². The van der Waals surface area contributed by atoms with E-state index in [-0.39, 0.29) is 22.0 Å². The summed E-state index contributed by atoms with van der Waals surface area (Å²) in [6, 6.07) is 13.8. The molecule has 0 spiro atoms. The second kappa shape index (κ2) is 8.19. The minimum atomic E-state index is -0.169. The Kier molecular flexibility index (Phi) is 5.73. The summed E-state index contributed by atoms with van der Waals surface area (Å²) < 4.78 is 0.206. The molecule has 1 heterocycles. The van der Waals surface area contributed by atoms with E-state index in [1.807, 2.05) is 30.0 Å². The van der Waals surface area contributed by atoms with Gasteiger partial charge in [0, 0.05) is 33.0 Å². The molecule has 1 aliphatic heterocycles. The number of nitrogens with one attached hydrogen (secondary N) is 2. The molecule has 2 aromatic rings. The molecule has 1 saturated carbocycles. The Labute approximate surface area is 188 Å². The second-order valence-corrected chi connectivity index (χ2v) is 11.6. The lowest BCUT2D eigenvalue weighted by molar-refractivity contribution is -0.111. The third-order valence-corrected chi connectivity index (χ3v) is 7.02. The summed E-state index contributed by atoms with van der Waals surface area (Å²) >= 11 is 1.91. The molecule has 0 saturated heterocycles. The van der Waals surface area contributed by atoms with E-state index in [4.69, 9.17) is 0 Å². The maximum Gasteiger partial charge on any atom is 0.251 e. The van der Waals surface area contributed by atoms with Crippen molar-refractivity contribution in [2.75, 3.05) is 5.32 Å². The van der Waals surface area contributed by atoms with E-state index in [0.29, 0.717) is 11.6 Å². The van der Waals surface area contributed by atoms with Crippen molar-refractivity contribution in [1.29, 1.82) is 0 Å². The molecule has 5 heteroatoms. The summed E-state index contributed by atoms with van der Waals surface area (Å²) in [6.45, 7) is 9.12. The second-order valence-electron chi connectivity index (χ2n) is 9.83. The molecule has 4 rings (SSSR count). The molecular weight excluding hydrogens is 404 g/mol. The molecule has 162 valence electrons. The van der Waals surface area contributed by atoms with Crippen LogP contribution in [0.1, 0.15) is 68.4 Å². The van der Waals surface area contributed by atoms with E-state index in [2.05, 4.69) is 50.5 Å². The van der Waals surface area contributed by atoms with E-state index < -0.39 is 0 Å². The van der Waals surface area contributed by atoms with Crippen molar-refractivity contribution in [1.82, 2.24) is 5.32 Å². The quantitative estimate of drug-likeness (QED) is 0.586. The highest BCUT2D eigenvalue weighted by Crippen LogP contribution is 2.51. The number of thioether (sulfide) groups is 1. The topological polar surface area (TPSA) is 58.2 Å². The Morgan fingerprint density at radius 2 is 1.74 bits per heavy atom. The first kappa shape index (κ1) is 21.7. The van der Waals surface area contributed by atoms with Crippen molar-refractivity contribution >= 4 is 35.3 Å². The van der Waals surface area contributed by atoms with Gasteiger partial charge in [0.2, 0.25) is 5.91 Å². The molecular formula is C26H30N2O2S. The number of fused-ring (bicyclic) bond motifs is 1. The van der Waals surface area contributed by atoms with Crippen molar-refractivity contribution in [3.05, 3.63) is 65.2 Å². The highest BCUT2D eigenvalue weighted by molar-refractivity contribution is 8.00. The lowest BCUT2D eigenvalue weighted by atomic mass is 9.77. The third kappa shape index (κ3) is 5.40. The van der Waals surface area contributed by atoms with Crippen LogP contribution in [-0.4, -0.2) is 22.6 Å². The van der Waals surface area contributed by atoms with Gasteiger partial charge in [-0.2, -0.15) is 0 Å². The standard InChI is InChI=1S/C26H30N2O2S/c1-25(2)16-26(3,4)31-22-13-12-20(15-21(22)25)27-23(29)14-7-17-5-8-18(9-6-17)24(30)28-19-10-11-19/h5-9,12-15,19H,10-11,16H2,1-4H3,(H,27,29)(H,28,30)/b14-7+. The van der Waals surface area contributed by atoms with Crippen LogP contribution < -0.4 is 10.6 Å².